The molecule has 15 nitrogen and oxygen atoms in total. The van der Waals surface area contributed by atoms with Gasteiger partial charge in [-0.3, -0.25) is 9.59 Å². The fourth-order valence-electron chi connectivity index (χ4n) is 9.55. The highest BCUT2D eigenvalue weighted by molar-refractivity contribution is 5.91. The molecular weight excluding hydrogens is 787 g/mol. The Morgan fingerprint density at radius 3 is 1.90 bits per heavy atom. The first-order valence-corrected chi connectivity index (χ1v) is 21.3. The quantitative estimate of drug-likeness (QED) is 0.104. The zero-order valence-electron chi connectivity index (χ0n) is 35.8. The van der Waals surface area contributed by atoms with Gasteiger partial charge in [-0.2, -0.15) is 5.26 Å². The molecule has 322 valence electrons. The van der Waals surface area contributed by atoms with Gasteiger partial charge in [-0.05, 0) is 83.0 Å². The number of amides is 4. The van der Waals surface area contributed by atoms with Gasteiger partial charge in [-0.15, -0.1) is 0 Å². The van der Waals surface area contributed by atoms with Crippen LogP contribution in [-0.2, 0) is 19.1 Å². The second kappa shape index (κ2) is 17.4. The van der Waals surface area contributed by atoms with E-state index < -0.39 is 30.3 Å². The Balaban J connectivity index is 0.966. The minimum Gasteiger partial charge on any atom is -0.453 e. The molecule has 4 amide bonds. The van der Waals surface area contributed by atoms with Gasteiger partial charge in [-0.1, -0.05) is 76.2 Å². The number of hydrogen-bond acceptors (Lipinski definition) is 9. The van der Waals surface area contributed by atoms with Crippen LogP contribution in [0.3, 0.4) is 0 Å². The number of aromatic nitrogens is 4. The molecular formula is C47H53N9O6. The van der Waals surface area contributed by atoms with Crippen LogP contribution in [-0.4, -0.2) is 92.6 Å². The molecule has 1 saturated carbocycles. The summed E-state index contributed by atoms with van der Waals surface area (Å²) in [5, 5.41) is 17.3. The molecule has 7 atom stereocenters. The van der Waals surface area contributed by atoms with Gasteiger partial charge in [0, 0.05) is 18.2 Å². The van der Waals surface area contributed by atoms with Crippen LogP contribution >= 0.6 is 0 Å². The summed E-state index contributed by atoms with van der Waals surface area (Å²) in [5.74, 6) is 0.603. The fraction of sp³-hybridized carbons (Fsp3) is 0.426. The normalized spacial score (nSPS) is 21.6. The van der Waals surface area contributed by atoms with E-state index in [-0.39, 0.29) is 48.2 Å². The Kier molecular flexibility index (Phi) is 11.8. The summed E-state index contributed by atoms with van der Waals surface area (Å²) >= 11 is 0. The average Bonchev–Trinajstić information content (AvgIpc) is 4.15. The van der Waals surface area contributed by atoms with Crippen molar-refractivity contribution in [1.82, 2.24) is 40.4 Å². The highest BCUT2D eigenvalue weighted by Gasteiger charge is 2.51. The number of hydrogen-bond donors (Lipinski definition) is 4. The van der Waals surface area contributed by atoms with E-state index in [0.29, 0.717) is 18.2 Å². The first kappa shape index (κ1) is 42.0. The molecule has 0 spiro atoms. The molecule has 5 aromatic rings. The molecule has 15 heteroatoms. The van der Waals surface area contributed by atoms with Gasteiger partial charge in [0.25, 0.3) is 0 Å². The van der Waals surface area contributed by atoms with Crippen molar-refractivity contribution in [2.24, 2.45) is 23.7 Å². The standard InChI is InChI=1S/C47H53N9O6/c1-25(2)39(53-46(59)61-5)44(57)55-24-27(21-48)17-38(55)42-49-23-37(51-42)33-14-13-31-18-30(11-12-32(31)19-33)28-7-9-29(10-8-28)36-22-50-43(52-36)41-34-15-16-35(20-34)56(41)45(58)40(26(3)4)54-47(60)62-6/h7-14,18-19,22-23,25-27,34-35,38-41H,15-17,20,24H2,1-6H3,(H,49,51)(H,50,52)(H,53,59)(H,54,60)/t27-,34+,35-,38+,39?,40+,41+/m1/s1. The molecule has 4 heterocycles. The van der Waals surface area contributed by atoms with Gasteiger partial charge in [0.05, 0.1) is 62.1 Å². The number of nitrogens with zero attached hydrogens (tertiary/aromatic N) is 5. The third-order valence-electron chi connectivity index (χ3n) is 12.9. The third-order valence-corrected chi connectivity index (χ3v) is 12.9. The van der Waals surface area contributed by atoms with E-state index >= 15 is 0 Å². The van der Waals surface area contributed by atoms with Crippen molar-refractivity contribution in [3.05, 3.63) is 84.7 Å². The molecule has 4 N–H and O–H groups in total. The Morgan fingerprint density at radius 1 is 0.726 bits per heavy atom. The molecule has 3 aromatic carbocycles. The highest BCUT2D eigenvalue weighted by Crippen LogP contribution is 2.50. The van der Waals surface area contributed by atoms with Crippen molar-refractivity contribution in [3.8, 4) is 39.7 Å². The molecule has 3 aliphatic rings. The molecule has 1 aliphatic carbocycles. The summed E-state index contributed by atoms with van der Waals surface area (Å²) in [6.07, 6.45) is 5.62. The number of likely N-dealkylation sites (tertiary alicyclic amines) is 2. The second-order valence-corrected chi connectivity index (χ2v) is 17.4. The van der Waals surface area contributed by atoms with Crippen LogP contribution in [0.1, 0.15) is 77.1 Å². The maximum Gasteiger partial charge on any atom is 0.407 e. The number of alkyl carbamates (subject to hydrolysis) is 2. The number of imidazole rings is 2. The number of methoxy groups -OCH3 is 2. The molecule has 8 rings (SSSR count). The summed E-state index contributed by atoms with van der Waals surface area (Å²) in [4.78, 5) is 71.9. The minimum absolute atomic E-state index is 0.101. The SMILES string of the molecule is COC(=O)NC(C(=O)N1C[C@@H](C#N)C[C@H]1c1ncc(-c2ccc3cc(-c4ccc(-c5cnc([C@@H]6[C@H]7CC[C@H](C7)N6C(=O)[C@@H](NC(=O)OC)C(C)C)[nH]5)cc4)ccc3c2)[nH]1)C(C)C. The Labute approximate surface area is 360 Å². The van der Waals surface area contributed by atoms with Crippen LogP contribution in [0.25, 0.3) is 44.4 Å². The fourth-order valence-corrected chi connectivity index (χ4v) is 9.55. The smallest absolute Gasteiger partial charge is 0.407 e. The number of nitriles is 1. The van der Waals surface area contributed by atoms with Gasteiger partial charge >= 0.3 is 12.2 Å². The molecule has 2 aliphatic heterocycles. The molecule has 2 saturated heterocycles. The Morgan fingerprint density at radius 2 is 1.27 bits per heavy atom. The number of carbonyl (C=O) groups excluding carboxylic acids is 4. The largest absolute Gasteiger partial charge is 0.453 e. The van der Waals surface area contributed by atoms with Gasteiger partial charge in [0.15, 0.2) is 0 Å². The summed E-state index contributed by atoms with van der Waals surface area (Å²) < 4.78 is 9.58. The van der Waals surface area contributed by atoms with Crippen molar-refractivity contribution in [2.45, 2.75) is 83.6 Å². The third kappa shape index (κ3) is 8.09. The number of ether oxygens (including phenoxy) is 2. The van der Waals surface area contributed by atoms with Gasteiger partial charge in [0.2, 0.25) is 11.8 Å². The van der Waals surface area contributed by atoms with E-state index in [1.807, 2.05) is 44.9 Å². The van der Waals surface area contributed by atoms with E-state index in [1.54, 1.807) is 11.1 Å². The number of H-pyrrole nitrogens is 2. The van der Waals surface area contributed by atoms with E-state index in [2.05, 4.69) is 86.3 Å². The monoisotopic (exact) mass is 839 g/mol. The first-order chi connectivity index (χ1) is 29.9. The number of carbonyl (C=O) groups is 4. The van der Waals surface area contributed by atoms with Crippen molar-refractivity contribution in [1.29, 1.82) is 5.26 Å². The van der Waals surface area contributed by atoms with E-state index in [1.165, 1.54) is 14.2 Å². The molecule has 62 heavy (non-hydrogen) atoms. The minimum atomic E-state index is -0.809. The lowest BCUT2D eigenvalue weighted by atomic mass is 9.95. The molecule has 0 radical (unpaired) electrons. The number of benzene rings is 3. The van der Waals surface area contributed by atoms with Crippen molar-refractivity contribution >= 4 is 34.8 Å². The van der Waals surface area contributed by atoms with Crippen LogP contribution < -0.4 is 10.6 Å². The second-order valence-electron chi connectivity index (χ2n) is 17.4. The Bertz CT molecular complexity index is 2520. The van der Waals surface area contributed by atoms with E-state index in [0.717, 1.165) is 69.5 Å². The van der Waals surface area contributed by atoms with Crippen LogP contribution in [0.5, 0.6) is 0 Å². The summed E-state index contributed by atoms with van der Waals surface area (Å²) in [6.45, 7) is 7.80. The zero-order chi connectivity index (χ0) is 43.8. The van der Waals surface area contributed by atoms with Crippen molar-refractivity contribution < 1.29 is 28.7 Å². The summed E-state index contributed by atoms with van der Waals surface area (Å²) in [5.41, 5.74) is 5.71. The number of rotatable bonds is 11. The van der Waals surface area contributed by atoms with Crippen LogP contribution in [0.2, 0.25) is 0 Å². The molecule has 1 unspecified atom stereocenters. The first-order valence-electron chi connectivity index (χ1n) is 21.3. The number of piperidine rings is 1. The topological polar surface area (TPSA) is 198 Å². The van der Waals surface area contributed by atoms with E-state index in [4.69, 9.17) is 14.5 Å². The van der Waals surface area contributed by atoms with Crippen LogP contribution in [0.15, 0.2) is 73.1 Å². The van der Waals surface area contributed by atoms with Crippen molar-refractivity contribution in [2.75, 3.05) is 20.8 Å². The van der Waals surface area contributed by atoms with Crippen LogP contribution in [0.4, 0.5) is 9.59 Å². The number of aromatic amines is 2. The number of nitrogens with one attached hydrogen (secondary N) is 4. The number of fused-ring (bicyclic) bond motifs is 3. The molecule has 2 bridgehead atoms. The van der Waals surface area contributed by atoms with Gasteiger partial charge in [-0.25, -0.2) is 19.6 Å². The van der Waals surface area contributed by atoms with Gasteiger partial charge < -0.3 is 39.9 Å². The van der Waals surface area contributed by atoms with Crippen LogP contribution in [0, 0.1) is 35.0 Å². The zero-order valence-corrected chi connectivity index (χ0v) is 35.8. The average molecular weight is 840 g/mol. The lowest BCUT2D eigenvalue weighted by molar-refractivity contribution is -0.139. The molecule has 2 aromatic heterocycles. The summed E-state index contributed by atoms with van der Waals surface area (Å²) in [7, 11) is 2.56. The van der Waals surface area contributed by atoms with E-state index in [9.17, 15) is 24.4 Å². The van der Waals surface area contributed by atoms with Gasteiger partial charge in [0.1, 0.15) is 23.7 Å². The lowest BCUT2D eigenvalue weighted by Gasteiger charge is -2.37. The summed E-state index contributed by atoms with van der Waals surface area (Å²) in [6, 6.07) is 21.2. The highest BCUT2D eigenvalue weighted by atomic mass is 16.5. The van der Waals surface area contributed by atoms with Crippen molar-refractivity contribution in [3.63, 3.8) is 0 Å². The predicted molar refractivity (Wildman–Crippen MR) is 232 cm³/mol. The predicted octanol–water partition coefficient (Wildman–Crippen LogP) is 7.51. The maximum absolute atomic E-state index is 14.0. The maximum atomic E-state index is 14.0. The molecule has 3 fully saturated rings. The Hall–Kier alpha value is -6.69. The lowest BCUT2D eigenvalue weighted by Crippen LogP contribution is -2.54.